The van der Waals surface area contributed by atoms with Crippen LogP contribution in [-0.2, 0) is 0 Å². The largest absolute Gasteiger partial charge is 0.493 e. The lowest BCUT2D eigenvalue weighted by molar-refractivity contribution is 0.0677. The summed E-state index contributed by atoms with van der Waals surface area (Å²) in [5, 5.41) is 8.08. The van der Waals surface area contributed by atoms with E-state index in [0.717, 1.165) is 17.8 Å². The molecule has 8 heteroatoms. The first-order valence-electron chi connectivity index (χ1n) is 10.1. The van der Waals surface area contributed by atoms with Crippen molar-refractivity contribution < 1.29 is 14.3 Å². The number of nitrogens with zero attached hydrogens (tertiary/aromatic N) is 4. The number of hydrogen-bond acceptors (Lipinski definition) is 6. The molecule has 0 aliphatic carbocycles. The summed E-state index contributed by atoms with van der Waals surface area (Å²) in [4.78, 5) is 19.4. The van der Waals surface area contributed by atoms with Crippen molar-refractivity contribution in [2.75, 3.05) is 33.9 Å². The van der Waals surface area contributed by atoms with Gasteiger partial charge in [-0.1, -0.05) is 13.8 Å². The predicted molar refractivity (Wildman–Crippen MR) is 114 cm³/mol. The first-order chi connectivity index (χ1) is 14.5. The van der Waals surface area contributed by atoms with E-state index in [0.29, 0.717) is 47.9 Å². The van der Waals surface area contributed by atoms with Crippen LogP contribution >= 0.6 is 0 Å². The fraction of sp³-hybridized carbons (Fsp3) is 0.409. The molecule has 1 fully saturated rings. The standard InChI is InChI=1S/C22H27N5O3/c1-14(2)17-13-26(10-9-23-17)22(28)16-12-21-24-8-7-18(27(21)25-16)15-5-6-19(29-3)20(11-15)30-4/h5-8,11-12,14,17,23H,9-10,13H2,1-4H3. The molecule has 0 bridgehead atoms. The number of aromatic nitrogens is 3. The second-order valence-electron chi connectivity index (χ2n) is 7.76. The molecule has 0 radical (unpaired) electrons. The van der Waals surface area contributed by atoms with Crippen LogP contribution in [0.15, 0.2) is 36.5 Å². The molecular formula is C22H27N5O3. The molecule has 3 aromatic rings. The van der Waals surface area contributed by atoms with Gasteiger partial charge in [-0.2, -0.15) is 5.10 Å². The molecule has 1 aliphatic rings. The highest BCUT2D eigenvalue weighted by Crippen LogP contribution is 2.32. The van der Waals surface area contributed by atoms with Gasteiger partial charge in [0.1, 0.15) is 0 Å². The third-order valence-corrected chi connectivity index (χ3v) is 5.55. The Balaban J connectivity index is 1.68. The Kier molecular flexibility index (Phi) is 5.59. The highest BCUT2D eigenvalue weighted by atomic mass is 16.5. The first kappa shape index (κ1) is 20.2. The van der Waals surface area contributed by atoms with Crippen molar-refractivity contribution >= 4 is 11.6 Å². The van der Waals surface area contributed by atoms with E-state index in [2.05, 4.69) is 29.2 Å². The summed E-state index contributed by atoms with van der Waals surface area (Å²) in [5.74, 6) is 1.68. The van der Waals surface area contributed by atoms with Crippen molar-refractivity contribution in [3.63, 3.8) is 0 Å². The van der Waals surface area contributed by atoms with E-state index in [1.54, 1.807) is 31.0 Å². The minimum Gasteiger partial charge on any atom is -0.493 e. The predicted octanol–water partition coefficient (Wildman–Crippen LogP) is 2.48. The number of fused-ring (bicyclic) bond motifs is 1. The van der Waals surface area contributed by atoms with Gasteiger partial charge in [0.2, 0.25) is 0 Å². The Hall–Kier alpha value is -3.13. The van der Waals surface area contributed by atoms with Crippen LogP contribution in [0.5, 0.6) is 11.5 Å². The lowest BCUT2D eigenvalue weighted by Gasteiger charge is -2.35. The van der Waals surface area contributed by atoms with Gasteiger partial charge >= 0.3 is 0 Å². The van der Waals surface area contributed by atoms with Crippen molar-refractivity contribution in [3.8, 4) is 22.8 Å². The molecular weight excluding hydrogens is 382 g/mol. The molecule has 158 valence electrons. The van der Waals surface area contributed by atoms with Gasteiger partial charge < -0.3 is 19.7 Å². The Morgan fingerprint density at radius 3 is 2.70 bits per heavy atom. The Bertz CT molecular complexity index is 1060. The lowest BCUT2D eigenvalue weighted by Crippen LogP contribution is -2.54. The molecule has 3 heterocycles. The molecule has 1 atom stereocenters. The fourth-order valence-electron chi connectivity index (χ4n) is 3.79. The molecule has 8 nitrogen and oxygen atoms in total. The van der Waals surface area contributed by atoms with Gasteiger partial charge in [0.15, 0.2) is 22.8 Å². The maximum Gasteiger partial charge on any atom is 0.274 e. The zero-order valence-corrected chi connectivity index (χ0v) is 17.8. The molecule has 1 aromatic carbocycles. The number of hydrogen-bond donors (Lipinski definition) is 1. The monoisotopic (exact) mass is 409 g/mol. The number of nitrogens with one attached hydrogen (secondary N) is 1. The topological polar surface area (TPSA) is 81.0 Å². The summed E-state index contributed by atoms with van der Waals surface area (Å²) in [7, 11) is 3.21. The van der Waals surface area contributed by atoms with Gasteiger partial charge in [-0.15, -0.1) is 0 Å². The van der Waals surface area contributed by atoms with Crippen LogP contribution in [0.25, 0.3) is 16.9 Å². The van der Waals surface area contributed by atoms with E-state index in [9.17, 15) is 4.79 Å². The minimum absolute atomic E-state index is 0.0640. The van der Waals surface area contributed by atoms with Gasteiger partial charge in [-0.05, 0) is 30.2 Å². The average molecular weight is 409 g/mol. The van der Waals surface area contributed by atoms with Crippen molar-refractivity contribution in [1.29, 1.82) is 0 Å². The summed E-state index contributed by atoms with van der Waals surface area (Å²) in [5.41, 5.74) is 2.74. The van der Waals surface area contributed by atoms with E-state index in [1.807, 2.05) is 29.2 Å². The van der Waals surface area contributed by atoms with Crippen LogP contribution in [-0.4, -0.2) is 65.3 Å². The molecule has 1 aliphatic heterocycles. The normalized spacial score (nSPS) is 16.8. The van der Waals surface area contributed by atoms with Crippen LogP contribution in [0, 0.1) is 5.92 Å². The van der Waals surface area contributed by atoms with Gasteiger partial charge in [0.25, 0.3) is 5.91 Å². The summed E-state index contributed by atoms with van der Waals surface area (Å²) < 4.78 is 12.5. The van der Waals surface area contributed by atoms with Crippen molar-refractivity contribution in [2.45, 2.75) is 19.9 Å². The molecule has 2 aromatic heterocycles. The maximum atomic E-state index is 13.1. The summed E-state index contributed by atoms with van der Waals surface area (Å²) in [6, 6.07) is 9.58. The van der Waals surface area contributed by atoms with Crippen LogP contribution in [0.4, 0.5) is 0 Å². The number of carbonyl (C=O) groups excluding carboxylic acids is 1. The van der Waals surface area contributed by atoms with Crippen molar-refractivity contribution in [2.24, 2.45) is 5.92 Å². The average Bonchev–Trinajstić information content (AvgIpc) is 3.22. The molecule has 30 heavy (non-hydrogen) atoms. The Morgan fingerprint density at radius 1 is 1.17 bits per heavy atom. The van der Waals surface area contributed by atoms with Gasteiger partial charge in [-0.3, -0.25) is 4.79 Å². The Morgan fingerprint density at radius 2 is 1.97 bits per heavy atom. The molecule has 1 saturated heterocycles. The highest BCUT2D eigenvalue weighted by Gasteiger charge is 2.27. The van der Waals surface area contributed by atoms with Crippen LogP contribution in [0.3, 0.4) is 0 Å². The second-order valence-corrected chi connectivity index (χ2v) is 7.76. The quantitative estimate of drug-likeness (QED) is 0.697. The SMILES string of the molecule is COc1ccc(-c2ccnc3cc(C(=O)N4CCNC(C(C)C)C4)nn23)cc1OC. The molecule has 4 rings (SSSR count). The second kappa shape index (κ2) is 8.31. The van der Waals surface area contributed by atoms with Crippen molar-refractivity contribution in [3.05, 3.63) is 42.2 Å². The summed E-state index contributed by atoms with van der Waals surface area (Å²) in [6.07, 6.45) is 1.72. The van der Waals surface area contributed by atoms with Crippen LogP contribution in [0.2, 0.25) is 0 Å². The molecule has 1 amide bonds. The smallest absolute Gasteiger partial charge is 0.274 e. The summed E-state index contributed by atoms with van der Waals surface area (Å²) in [6.45, 7) is 6.47. The molecule has 0 saturated carbocycles. The molecule has 1 unspecified atom stereocenters. The highest BCUT2D eigenvalue weighted by molar-refractivity contribution is 5.93. The molecule has 1 N–H and O–H groups in total. The number of piperazine rings is 1. The minimum atomic E-state index is -0.0640. The zero-order chi connectivity index (χ0) is 21.3. The van der Waals surface area contributed by atoms with Crippen LogP contribution < -0.4 is 14.8 Å². The van der Waals surface area contributed by atoms with E-state index in [-0.39, 0.29) is 5.91 Å². The van der Waals surface area contributed by atoms with E-state index in [4.69, 9.17) is 9.47 Å². The van der Waals surface area contributed by atoms with Gasteiger partial charge in [0, 0.05) is 43.5 Å². The van der Waals surface area contributed by atoms with E-state index < -0.39 is 0 Å². The number of benzene rings is 1. The summed E-state index contributed by atoms with van der Waals surface area (Å²) >= 11 is 0. The molecule has 0 spiro atoms. The van der Waals surface area contributed by atoms with Crippen LogP contribution in [0.1, 0.15) is 24.3 Å². The first-order valence-corrected chi connectivity index (χ1v) is 10.1. The number of carbonyl (C=O) groups is 1. The number of amides is 1. The van der Waals surface area contributed by atoms with E-state index in [1.165, 1.54) is 0 Å². The third-order valence-electron chi connectivity index (χ3n) is 5.55. The fourth-order valence-corrected chi connectivity index (χ4v) is 3.79. The third kappa shape index (κ3) is 3.70. The number of rotatable bonds is 5. The Labute approximate surface area is 175 Å². The number of methoxy groups -OCH3 is 2. The van der Waals surface area contributed by atoms with Gasteiger partial charge in [-0.25, -0.2) is 9.50 Å². The van der Waals surface area contributed by atoms with E-state index >= 15 is 0 Å². The maximum absolute atomic E-state index is 13.1. The van der Waals surface area contributed by atoms with Crippen molar-refractivity contribution in [1.82, 2.24) is 24.8 Å². The van der Waals surface area contributed by atoms with Gasteiger partial charge in [0.05, 0.1) is 19.9 Å². The number of ether oxygens (including phenoxy) is 2. The zero-order valence-electron chi connectivity index (χ0n) is 17.8. The lowest BCUT2D eigenvalue weighted by atomic mass is 10.0.